The normalized spacial score (nSPS) is 23.2. The van der Waals surface area contributed by atoms with E-state index >= 15 is 0 Å². The molecule has 0 bridgehead atoms. The van der Waals surface area contributed by atoms with Crippen molar-refractivity contribution < 1.29 is 25.7 Å². The number of hydroxylamine groups is 2. The molecule has 1 aliphatic rings. The van der Waals surface area contributed by atoms with Crippen LogP contribution in [0.15, 0.2) is 0 Å². The maximum atomic E-state index is 11.6. The molecule has 7 heteroatoms. The quantitative estimate of drug-likeness (QED) is 0.632. The maximum absolute atomic E-state index is 11.6. The Morgan fingerprint density at radius 2 is 2.12 bits per heavy atom. The number of carbonyl (C=O) groups is 3. The highest BCUT2D eigenvalue weighted by Crippen LogP contribution is 2.40. The largest absolute Gasteiger partial charge is 0.481 e. The van der Waals surface area contributed by atoms with E-state index in [9.17, 15) is 14.4 Å². The van der Waals surface area contributed by atoms with E-state index in [0.717, 1.165) is 5.06 Å². The summed E-state index contributed by atoms with van der Waals surface area (Å²) in [6.07, 6.45) is -0.296. The average molecular weight is 245 g/mol. The zero-order valence-corrected chi connectivity index (χ0v) is 9.73. The van der Waals surface area contributed by atoms with Crippen LogP contribution in [0.1, 0.15) is 33.1 Å². The molecule has 96 valence electrons. The first-order valence-electron chi connectivity index (χ1n) is 5.79. The first-order valence-corrected chi connectivity index (χ1v) is 5.29. The molecule has 0 aromatic rings. The van der Waals surface area contributed by atoms with E-state index in [1.54, 1.807) is 5.73 Å². The monoisotopic (exact) mass is 245 g/mol. The second-order valence-electron chi connectivity index (χ2n) is 4.38. The molecule has 1 aliphatic heterocycles. The molecule has 1 atom stereocenters. The molecule has 0 aromatic carbocycles. The number of carbonyl (C=O) groups excluding carboxylic acids is 2. The van der Waals surface area contributed by atoms with Crippen LogP contribution < -0.4 is 5.73 Å². The molecule has 0 unspecified atom stereocenters. The number of carboxylic acid groups (broad SMARTS) is 1. The summed E-state index contributed by atoms with van der Waals surface area (Å²) in [7, 11) is 0. The summed E-state index contributed by atoms with van der Waals surface area (Å²) in [5.41, 5.74) is 0.260. The third kappa shape index (κ3) is 2.94. The summed E-state index contributed by atoms with van der Waals surface area (Å²) in [4.78, 5) is 38.6. The summed E-state index contributed by atoms with van der Waals surface area (Å²) in [5.74, 6) is -2.30. The second-order valence-corrected chi connectivity index (χ2v) is 4.38. The molecule has 1 saturated heterocycles. The Hall–Kier alpha value is -1.63. The lowest BCUT2D eigenvalue weighted by atomic mass is 10.0. The molecule has 0 radical (unpaired) electrons. The van der Waals surface area contributed by atoms with Crippen molar-refractivity contribution >= 4 is 17.8 Å². The predicted octanol–water partition coefficient (Wildman–Crippen LogP) is -0.147. The van der Waals surface area contributed by atoms with Gasteiger partial charge in [-0.3, -0.25) is 14.4 Å². The number of nitrogens with zero attached hydrogens (tertiary/aromatic N) is 1. The van der Waals surface area contributed by atoms with Gasteiger partial charge in [0.15, 0.2) is 1.41 Å². The van der Waals surface area contributed by atoms with Gasteiger partial charge in [0.25, 0.3) is 11.6 Å². The van der Waals surface area contributed by atoms with Gasteiger partial charge in [-0.05, 0) is 5.92 Å². The zero-order valence-electron chi connectivity index (χ0n) is 10.7. The Balaban J connectivity index is 2.66. The minimum atomic E-state index is -1.44. The smallest absolute Gasteiger partial charge is 0.303 e. The van der Waals surface area contributed by atoms with Crippen molar-refractivity contribution in [1.82, 2.24) is 5.06 Å². The number of nitrogens with two attached hydrogens (primary N) is 1. The van der Waals surface area contributed by atoms with Crippen molar-refractivity contribution in [3.8, 4) is 0 Å². The van der Waals surface area contributed by atoms with Gasteiger partial charge in [-0.15, -0.1) is 0 Å². The number of primary amides is 1. The minimum Gasteiger partial charge on any atom is -0.481 e. The fourth-order valence-corrected chi connectivity index (χ4v) is 1.60. The molecular formula is C10H16N2O5. The molecule has 7 nitrogen and oxygen atoms in total. The van der Waals surface area contributed by atoms with Crippen molar-refractivity contribution in [1.29, 1.82) is 0 Å². The molecule has 1 heterocycles. The van der Waals surface area contributed by atoms with Gasteiger partial charge < -0.3 is 10.8 Å². The van der Waals surface area contributed by atoms with Crippen LogP contribution in [0, 0.1) is 5.92 Å². The SMILES string of the molecule is [2H]NC(=O)[C@@]1(CC(C)C)ON1C(=O)CCC(=O)O. The van der Waals surface area contributed by atoms with Crippen LogP contribution >= 0.6 is 0 Å². The minimum absolute atomic E-state index is 0.0829. The molecule has 3 N–H and O–H groups in total. The Kier molecular flexibility index (Phi) is 3.28. The lowest BCUT2D eigenvalue weighted by Gasteiger charge is -2.10. The van der Waals surface area contributed by atoms with Gasteiger partial charge in [0, 0.05) is 12.8 Å². The first-order chi connectivity index (χ1) is 8.33. The molecule has 0 saturated carbocycles. The van der Waals surface area contributed by atoms with E-state index in [4.69, 9.17) is 11.4 Å². The van der Waals surface area contributed by atoms with Crippen LogP contribution in [0.2, 0.25) is 1.41 Å². The van der Waals surface area contributed by atoms with Gasteiger partial charge in [-0.1, -0.05) is 13.8 Å². The summed E-state index contributed by atoms with van der Waals surface area (Å²) in [6.45, 7) is 3.70. The number of hydrogen-bond acceptors (Lipinski definition) is 4. The van der Waals surface area contributed by atoms with Crippen LogP contribution in [0.5, 0.6) is 0 Å². The Bertz CT molecular complexity index is 373. The second kappa shape index (κ2) is 4.70. The van der Waals surface area contributed by atoms with Gasteiger partial charge in [-0.25, -0.2) is 4.84 Å². The zero-order chi connectivity index (χ0) is 13.9. The molecule has 0 aromatic heterocycles. The summed E-state index contributed by atoms with van der Waals surface area (Å²) in [6, 6.07) is 0. The van der Waals surface area contributed by atoms with Crippen molar-refractivity contribution in [3.63, 3.8) is 0 Å². The van der Waals surface area contributed by atoms with Gasteiger partial charge in [0.2, 0.25) is 5.91 Å². The third-order valence-electron chi connectivity index (χ3n) is 2.36. The molecule has 2 amide bonds. The van der Waals surface area contributed by atoms with Crippen molar-refractivity contribution in [2.24, 2.45) is 11.6 Å². The van der Waals surface area contributed by atoms with Crippen LogP contribution in [-0.2, 0) is 19.2 Å². The van der Waals surface area contributed by atoms with E-state index in [0.29, 0.717) is 0 Å². The molecular weight excluding hydrogens is 228 g/mol. The molecule has 17 heavy (non-hydrogen) atoms. The standard InChI is InChI=1S/C10H16N2O5/c1-6(2)5-10(9(11)16)12(17-10)7(13)3-4-8(14)15/h6H,3-5H2,1-2H3,(H2,11,16)(H,14,15)/t10-,12?/m1/s1/i/hD. The lowest BCUT2D eigenvalue weighted by Crippen LogP contribution is -2.38. The van der Waals surface area contributed by atoms with E-state index < -0.39 is 23.5 Å². The average Bonchev–Trinajstić information content (AvgIpc) is 2.99. The van der Waals surface area contributed by atoms with E-state index in [2.05, 4.69) is 0 Å². The summed E-state index contributed by atoms with van der Waals surface area (Å²) >= 11 is 0. The highest BCUT2D eigenvalue weighted by Gasteiger charge is 2.63. The fourth-order valence-electron chi connectivity index (χ4n) is 1.60. The van der Waals surface area contributed by atoms with Gasteiger partial charge >= 0.3 is 5.97 Å². The Morgan fingerprint density at radius 1 is 1.47 bits per heavy atom. The van der Waals surface area contributed by atoms with Crippen LogP contribution in [0.4, 0.5) is 0 Å². The van der Waals surface area contributed by atoms with Crippen LogP contribution in [-0.4, -0.2) is 33.7 Å². The van der Waals surface area contributed by atoms with E-state index in [-0.39, 0.29) is 25.2 Å². The topological polar surface area (TPSA) is 113 Å². The van der Waals surface area contributed by atoms with Crippen molar-refractivity contribution in [2.75, 3.05) is 0 Å². The lowest BCUT2D eigenvalue weighted by molar-refractivity contribution is -0.141. The fraction of sp³-hybridized carbons (Fsp3) is 0.700. The predicted molar refractivity (Wildman–Crippen MR) is 56.2 cm³/mol. The van der Waals surface area contributed by atoms with Crippen LogP contribution in [0.3, 0.4) is 0 Å². The summed E-state index contributed by atoms with van der Waals surface area (Å²) in [5, 5.41) is 9.34. The van der Waals surface area contributed by atoms with Crippen LogP contribution in [0.25, 0.3) is 0 Å². The number of carboxylic acids is 1. The number of hydrogen-bond donors (Lipinski definition) is 2. The van der Waals surface area contributed by atoms with Gasteiger partial charge in [-0.2, -0.15) is 5.06 Å². The maximum Gasteiger partial charge on any atom is 0.303 e. The number of rotatable bonds is 6. The van der Waals surface area contributed by atoms with E-state index in [1.807, 2.05) is 13.8 Å². The van der Waals surface area contributed by atoms with E-state index in [1.165, 1.54) is 0 Å². The Labute approximate surface area is 99.9 Å². The molecule has 1 rings (SSSR count). The van der Waals surface area contributed by atoms with Crippen molar-refractivity contribution in [2.45, 2.75) is 38.8 Å². The molecule has 0 spiro atoms. The van der Waals surface area contributed by atoms with Crippen molar-refractivity contribution in [3.05, 3.63) is 0 Å². The number of aliphatic carboxylic acids is 1. The Morgan fingerprint density at radius 3 is 2.59 bits per heavy atom. The first kappa shape index (κ1) is 11.8. The van der Waals surface area contributed by atoms with Gasteiger partial charge in [0.05, 0.1) is 6.42 Å². The number of amides is 2. The molecule has 1 fully saturated rings. The molecule has 0 aliphatic carbocycles. The highest BCUT2D eigenvalue weighted by molar-refractivity contribution is 5.92. The van der Waals surface area contributed by atoms with Gasteiger partial charge in [0.1, 0.15) is 0 Å². The summed E-state index contributed by atoms with van der Waals surface area (Å²) < 4.78 is 6.84. The highest BCUT2D eigenvalue weighted by atomic mass is 16.9. The third-order valence-corrected chi connectivity index (χ3v) is 2.36.